The minimum atomic E-state index is -0.625. The standard InChI is InChI=1S/C18H10ClN5O4/c19-15-6-3-11(7-17(15)24(27)28)13-8-16(22-18(21)14(13)9-20)10-1-4-12(5-2-10)23(25)26/h1-8H,(H2,21,22). The SMILES string of the molecule is N#Cc1c(-c2ccc(Cl)c([N+](=O)[O-])c2)cc(-c2ccc([N+](=O)[O-])cc2)nc1N. The van der Waals surface area contributed by atoms with Crippen LogP contribution < -0.4 is 5.73 Å². The molecule has 0 amide bonds. The van der Waals surface area contributed by atoms with Crippen molar-refractivity contribution in [2.75, 3.05) is 5.73 Å². The topological polar surface area (TPSA) is 149 Å². The van der Waals surface area contributed by atoms with E-state index in [1.54, 1.807) is 6.07 Å². The van der Waals surface area contributed by atoms with Crippen molar-refractivity contribution in [2.24, 2.45) is 0 Å². The number of nitro benzene ring substituents is 2. The van der Waals surface area contributed by atoms with E-state index in [0.29, 0.717) is 22.4 Å². The molecular formula is C18H10ClN5O4. The molecule has 0 spiro atoms. The fourth-order valence-corrected chi connectivity index (χ4v) is 2.82. The van der Waals surface area contributed by atoms with Crippen molar-refractivity contribution in [3.8, 4) is 28.5 Å². The molecule has 0 radical (unpaired) electrons. The Kier molecular flexibility index (Phi) is 4.89. The van der Waals surface area contributed by atoms with Gasteiger partial charge in [0.1, 0.15) is 22.5 Å². The summed E-state index contributed by atoms with van der Waals surface area (Å²) in [5, 5.41) is 31.4. The lowest BCUT2D eigenvalue weighted by molar-refractivity contribution is -0.384. The number of halogens is 1. The van der Waals surface area contributed by atoms with Gasteiger partial charge < -0.3 is 5.73 Å². The van der Waals surface area contributed by atoms with Gasteiger partial charge in [-0.1, -0.05) is 17.7 Å². The van der Waals surface area contributed by atoms with Crippen LogP contribution in [0.4, 0.5) is 17.2 Å². The fourth-order valence-electron chi connectivity index (χ4n) is 2.63. The zero-order chi connectivity index (χ0) is 20.4. The van der Waals surface area contributed by atoms with E-state index in [1.807, 2.05) is 6.07 Å². The summed E-state index contributed by atoms with van der Waals surface area (Å²) in [6.07, 6.45) is 0. The maximum absolute atomic E-state index is 11.2. The van der Waals surface area contributed by atoms with Crippen molar-refractivity contribution < 1.29 is 9.85 Å². The van der Waals surface area contributed by atoms with Gasteiger partial charge in [0.15, 0.2) is 0 Å². The minimum Gasteiger partial charge on any atom is -0.383 e. The maximum atomic E-state index is 11.2. The molecular weight excluding hydrogens is 386 g/mol. The number of aromatic nitrogens is 1. The van der Waals surface area contributed by atoms with Gasteiger partial charge in [0, 0.05) is 29.3 Å². The highest BCUT2D eigenvalue weighted by Crippen LogP contribution is 2.35. The molecule has 0 bridgehead atoms. The van der Waals surface area contributed by atoms with Crippen LogP contribution in [0.1, 0.15) is 5.56 Å². The second kappa shape index (κ2) is 7.30. The summed E-state index contributed by atoms with van der Waals surface area (Å²) >= 11 is 5.85. The van der Waals surface area contributed by atoms with Crippen LogP contribution in [0.5, 0.6) is 0 Å². The molecule has 9 nitrogen and oxygen atoms in total. The molecule has 0 saturated heterocycles. The van der Waals surface area contributed by atoms with Crippen molar-refractivity contribution in [1.29, 1.82) is 5.26 Å². The summed E-state index contributed by atoms with van der Waals surface area (Å²) < 4.78 is 0. The van der Waals surface area contributed by atoms with Crippen LogP contribution in [0.2, 0.25) is 5.02 Å². The third-order valence-electron chi connectivity index (χ3n) is 3.99. The lowest BCUT2D eigenvalue weighted by Gasteiger charge is -2.10. The fraction of sp³-hybridized carbons (Fsp3) is 0. The molecule has 1 aromatic heterocycles. The molecule has 28 heavy (non-hydrogen) atoms. The van der Waals surface area contributed by atoms with Crippen LogP contribution in [-0.4, -0.2) is 14.8 Å². The van der Waals surface area contributed by atoms with Gasteiger partial charge in [0.2, 0.25) is 0 Å². The summed E-state index contributed by atoms with van der Waals surface area (Å²) in [5.41, 5.74) is 7.17. The number of pyridine rings is 1. The molecule has 0 aliphatic carbocycles. The number of non-ortho nitro benzene ring substituents is 1. The summed E-state index contributed by atoms with van der Waals surface area (Å²) in [6, 6.07) is 13.3. The van der Waals surface area contributed by atoms with Gasteiger partial charge in [-0.2, -0.15) is 5.26 Å². The minimum absolute atomic E-state index is 0.0371. The monoisotopic (exact) mass is 395 g/mol. The van der Waals surface area contributed by atoms with Crippen LogP contribution >= 0.6 is 11.6 Å². The highest BCUT2D eigenvalue weighted by molar-refractivity contribution is 6.32. The van der Waals surface area contributed by atoms with Crippen molar-refractivity contribution in [2.45, 2.75) is 0 Å². The number of nitriles is 1. The third kappa shape index (κ3) is 3.44. The Morgan fingerprint density at radius 3 is 2.21 bits per heavy atom. The average molecular weight is 396 g/mol. The molecule has 0 fully saturated rings. The summed E-state index contributed by atoms with van der Waals surface area (Å²) in [5.74, 6) is -0.0639. The van der Waals surface area contributed by atoms with Gasteiger partial charge in [0.05, 0.1) is 15.5 Å². The Morgan fingerprint density at radius 1 is 1.00 bits per heavy atom. The smallest absolute Gasteiger partial charge is 0.288 e. The first-order valence-electron chi connectivity index (χ1n) is 7.71. The van der Waals surface area contributed by atoms with Crippen molar-refractivity contribution >= 4 is 28.8 Å². The molecule has 2 aromatic carbocycles. The van der Waals surface area contributed by atoms with Crippen LogP contribution in [-0.2, 0) is 0 Å². The predicted molar refractivity (Wildman–Crippen MR) is 103 cm³/mol. The van der Waals surface area contributed by atoms with Gasteiger partial charge >= 0.3 is 0 Å². The molecule has 10 heteroatoms. The molecule has 0 atom stereocenters. The molecule has 0 aliphatic rings. The van der Waals surface area contributed by atoms with E-state index in [2.05, 4.69) is 4.98 Å². The first-order valence-corrected chi connectivity index (χ1v) is 8.09. The van der Waals surface area contributed by atoms with Gasteiger partial charge in [-0.05, 0) is 29.8 Å². The average Bonchev–Trinajstić information content (AvgIpc) is 2.67. The van der Waals surface area contributed by atoms with Gasteiger partial charge in [-0.3, -0.25) is 20.2 Å². The molecule has 0 saturated carbocycles. The zero-order valence-corrected chi connectivity index (χ0v) is 14.8. The Bertz CT molecular complexity index is 1160. The van der Waals surface area contributed by atoms with E-state index in [9.17, 15) is 25.5 Å². The van der Waals surface area contributed by atoms with E-state index in [1.165, 1.54) is 42.5 Å². The number of nitrogen functional groups attached to an aromatic ring is 1. The normalized spacial score (nSPS) is 10.3. The molecule has 3 rings (SSSR count). The molecule has 0 unspecified atom stereocenters. The number of hydrogen-bond donors (Lipinski definition) is 1. The van der Waals surface area contributed by atoms with Crippen LogP contribution in [0.3, 0.4) is 0 Å². The number of nitro groups is 2. The van der Waals surface area contributed by atoms with Gasteiger partial charge in [-0.25, -0.2) is 4.98 Å². The highest BCUT2D eigenvalue weighted by atomic mass is 35.5. The second-order valence-corrected chi connectivity index (χ2v) is 6.06. The van der Waals surface area contributed by atoms with E-state index in [-0.39, 0.29) is 27.8 Å². The van der Waals surface area contributed by atoms with E-state index in [0.717, 1.165) is 0 Å². The third-order valence-corrected chi connectivity index (χ3v) is 4.31. The van der Waals surface area contributed by atoms with Crippen LogP contribution in [0.25, 0.3) is 22.4 Å². The van der Waals surface area contributed by atoms with E-state index < -0.39 is 9.85 Å². The zero-order valence-electron chi connectivity index (χ0n) is 14.0. The van der Waals surface area contributed by atoms with E-state index in [4.69, 9.17) is 17.3 Å². The first kappa shape index (κ1) is 18.8. The second-order valence-electron chi connectivity index (χ2n) is 5.65. The number of nitrogens with two attached hydrogens (primary N) is 1. The predicted octanol–water partition coefficient (Wildman–Crippen LogP) is 4.34. The summed E-state index contributed by atoms with van der Waals surface area (Å²) in [4.78, 5) is 25.0. The summed E-state index contributed by atoms with van der Waals surface area (Å²) in [7, 11) is 0. The number of rotatable bonds is 4. The maximum Gasteiger partial charge on any atom is 0.288 e. The quantitative estimate of drug-likeness (QED) is 0.509. The number of benzene rings is 2. The number of hydrogen-bond acceptors (Lipinski definition) is 7. The lowest BCUT2D eigenvalue weighted by Crippen LogP contribution is -2.00. The molecule has 0 aliphatic heterocycles. The van der Waals surface area contributed by atoms with Crippen molar-refractivity contribution in [3.05, 3.63) is 79.3 Å². The summed E-state index contributed by atoms with van der Waals surface area (Å²) in [6.45, 7) is 0. The largest absolute Gasteiger partial charge is 0.383 e. The van der Waals surface area contributed by atoms with E-state index >= 15 is 0 Å². The Hall–Kier alpha value is -4.03. The molecule has 3 aromatic rings. The highest BCUT2D eigenvalue weighted by Gasteiger charge is 2.18. The van der Waals surface area contributed by atoms with Crippen molar-refractivity contribution in [3.63, 3.8) is 0 Å². The van der Waals surface area contributed by atoms with Gasteiger partial charge in [0.25, 0.3) is 11.4 Å². The van der Waals surface area contributed by atoms with Crippen molar-refractivity contribution in [1.82, 2.24) is 4.98 Å². The lowest BCUT2D eigenvalue weighted by atomic mass is 9.98. The number of nitrogens with zero attached hydrogens (tertiary/aromatic N) is 4. The molecule has 1 heterocycles. The van der Waals surface area contributed by atoms with Crippen LogP contribution in [0.15, 0.2) is 48.5 Å². The number of anilines is 1. The molecule has 138 valence electrons. The van der Waals surface area contributed by atoms with Crippen LogP contribution in [0, 0.1) is 31.6 Å². The Balaban J connectivity index is 2.19. The van der Waals surface area contributed by atoms with Gasteiger partial charge in [-0.15, -0.1) is 0 Å². The Labute approximate surface area is 162 Å². The first-order chi connectivity index (χ1) is 13.3. The Morgan fingerprint density at radius 2 is 1.64 bits per heavy atom. The molecule has 2 N–H and O–H groups in total.